The number of anilines is 1. The van der Waals surface area contributed by atoms with E-state index in [0.29, 0.717) is 46.9 Å². The highest BCUT2D eigenvalue weighted by Gasteiger charge is 2.23. The zero-order valence-corrected chi connectivity index (χ0v) is 21.4. The quantitative estimate of drug-likeness (QED) is 0.425. The summed E-state index contributed by atoms with van der Waals surface area (Å²) >= 11 is 11.3. The van der Waals surface area contributed by atoms with Crippen molar-refractivity contribution in [3.8, 4) is 17.2 Å². The Morgan fingerprint density at radius 2 is 1.78 bits per heavy atom. The van der Waals surface area contributed by atoms with Gasteiger partial charge in [0.2, 0.25) is 5.75 Å². The first-order valence-corrected chi connectivity index (χ1v) is 11.6. The van der Waals surface area contributed by atoms with Crippen molar-refractivity contribution in [2.24, 2.45) is 0 Å². The number of rotatable bonds is 7. The first kappa shape index (κ1) is 26.1. The Kier molecular flexibility index (Phi) is 7.42. The second kappa shape index (κ2) is 10.5. The monoisotopic (exact) mass is 545 g/mol. The van der Waals surface area contributed by atoms with Crippen molar-refractivity contribution in [2.45, 2.75) is 13.0 Å². The third-order valence-corrected chi connectivity index (χ3v) is 6.56. The van der Waals surface area contributed by atoms with Gasteiger partial charge in [0.15, 0.2) is 11.5 Å². The number of nitrogens with one attached hydrogen (secondary N) is 1. The molecule has 1 aliphatic rings. The van der Waals surface area contributed by atoms with E-state index < -0.39 is 21.9 Å². The summed E-state index contributed by atoms with van der Waals surface area (Å²) in [6, 6.07) is 8.11. The third-order valence-electron chi connectivity index (χ3n) is 5.75. The molecular weight excluding hydrogens is 525 g/mol. The molecule has 0 aliphatic carbocycles. The number of halogens is 2. The van der Waals surface area contributed by atoms with Crippen molar-refractivity contribution in [1.29, 1.82) is 0 Å². The smallest absolute Gasteiger partial charge is 0.349 e. The van der Waals surface area contributed by atoms with Crippen LogP contribution in [0.1, 0.15) is 17.8 Å². The first-order chi connectivity index (χ1) is 17.7. The predicted molar refractivity (Wildman–Crippen MR) is 140 cm³/mol. The summed E-state index contributed by atoms with van der Waals surface area (Å²) in [4.78, 5) is 41.1. The van der Waals surface area contributed by atoms with E-state index in [4.69, 9.17) is 42.5 Å². The van der Waals surface area contributed by atoms with E-state index in [1.807, 2.05) is 12.1 Å². The average Bonchev–Trinajstić information content (AvgIpc) is 3.29. The molecule has 0 fully saturated rings. The number of ether oxygens (including phenoxy) is 3. The second-order valence-corrected chi connectivity index (χ2v) is 8.61. The number of nitrogens with zero attached hydrogens (tertiary/aromatic N) is 2. The van der Waals surface area contributed by atoms with Gasteiger partial charge in [0.1, 0.15) is 15.9 Å². The number of carbonyl (C=O) groups is 2. The van der Waals surface area contributed by atoms with E-state index in [-0.39, 0.29) is 11.2 Å². The Balaban J connectivity index is 1.77. The number of hydrogen-bond donors (Lipinski definition) is 2. The molecular formula is C25H21Cl2N3O7. The van der Waals surface area contributed by atoms with Gasteiger partial charge in [-0.05, 0) is 48.4 Å². The number of methoxy groups -OCH3 is 3. The van der Waals surface area contributed by atoms with E-state index >= 15 is 0 Å². The molecule has 4 rings (SSSR count). The highest BCUT2D eigenvalue weighted by molar-refractivity contribution is 6.54. The molecule has 0 atom stereocenters. The van der Waals surface area contributed by atoms with E-state index in [0.717, 1.165) is 11.1 Å². The molecule has 12 heteroatoms. The Hall–Kier alpha value is -4.02. The van der Waals surface area contributed by atoms with Crippen LogP contribution in [0.15, 0.2) is 45.2 Å². The highest BCUT2D eigenvalue weighted by atomic mass is 35.5. The number of hydrogen-bond acceptors (Lipinski definition) is 7. The number of benzene rings is 2. The number of carboxylic acid groups (broad SMARTS) is 1. The summed E-state index contributed by atoms with van der Waals surface area (Å²) in [7, 11) is 4.58. The molecule has 2 N–H and O–H groups in total. The predicted octanol–water partition coefficient (Wildman–Crippen LogP) is 4.08. The molecule has 0 bridgehead atoms. The molecule has 37 heavy (non-hydrogen) atoms. The van der Waals surface area contributed by atoms with Gasteiger partial charge in [0, 0.05) is 17.8 Å². The van der Waals surface area contributed by atoms with Crippen LogP contribution in [0.4, 0.5) is 5.69 Å². The molecule has 2 aromatic carbocycles. The maximum absolute atomic E-state index is 13.2. The summed E-state index contributed by atoms with van der Waals surface area (Å²) < 4.78 is 18.0. The standard InChI is InChI=1S/C25H21Cl2N3O7/c1-35-17-7-4-12(20(36-2)21(17)37-3)10-13-8-9-30-22(13)29-16-11-14(5-6-15(16)24(30)32)28-23(31)18(26)19(27)25(33)34/h4-7,10-11H,8-9H2,1-3H3,(H,28,31)(H,33,34). The lowest BCUT2D eigenvalue weighted by Gasteiger charge is -2.14. The van der Waals surface area contributed by atoms with Crippen LogP contribution >= 0.6 is 23.2 Å². The van der Waals surface area contributed by atoms with E-state index in [1.165, 1.54) is 39.5 Å². The third kappa shape index (κ3) is 4.85. The van der Waals surface area contributed by atoms with Crippen LogP contribution in [0.5, 0.6) is 17.2 Å². The fraction of sp³-hybridized carbons (Fsp3) is 0.200. The van der Waals surface area contributed by atoms with Gasteiger partial charge in [-0.1, -0.05) is 23.2 Å². The van der Waals surface area contributed by atoms with Gasteiger partial charge in [0.05, 0.1) is 32.2 Å². The molecule has 1 aliphatic heterocycles. The molecule has 0 saturated heterocycles. The number of aliphatic carboxylic acids is 1. The van der Waals surface area contributed by atoms with Crippen molar-refractivity contribution in [3.63, 3.8) is 0 Å². The van der Waals surface area contributed by atoms with E-state index in [2.05, 4.69) is 10.3 Å². The second-order valence-electron chi connectivity index (χ2n) is 7.85. The summed E-state index contributed by atoms with van der Waals surface area (Å²) in [5.74, 6) is -0.529. The lowest BCUT2D eigenvalue weighted by atomic mass is 10.1. The Morgan fingerprint density at radius 1 is 1.05 bits per heavy atom. The maximum atomic E-state index is 13.2. The number of carboxylic acids is 1. The van der Waals surface area contributed by atoms with Crippen LogP contribution < -0.4 is 25.1 Å². The highest BCUT2D eigenvalue weighted by Crippen LogP contribution is 2.41. The van der Waals surface area contributed by atoms with Crippen molar-refractivity contribution < 1.29 is 28.9 Å². The molecule has 1 amide bonds. The minimum Gasteiger partial charge on any atom is -0.493 e. The lowest BCUT2D eigenvalue weighted by molar-refractivity contribution is -0.132. The molecule has 10 nitrogen and oxygen atoms in total. The van der Waals surface area contributed by atoms with Crippen LogP contribution in [0.2, 0.25) is 0 Å². The van der Waals surface area contributed by atoms with Gasteiger partial charge < -0.3 is 24.6 Å². The zero-order valence-electron chi connectivity index (χ0n) is 19.9. The first-order valence-electron chi connectivity index (χ1n) is 10.8. The van der Waals surface area contributed by atoms with Crippen molar-refractivity contribution in [1.82, 2.24) is 9.55 Å². The molecule has 0 spiro atoms. The Morgan fingerprint density at radius 3 is 2.43 bits per heavy atom. The van der Waals surface area contributed by atoms with Crippen LogP contribution in [0.25, 0.3) is 22.6 Å². The Labute approximate surface area is 220 Å². The average molecular weight is 546 g/mol. The van der Waals surface area contributed by atoms with Crippen LogP contribution in [-0.4, -0.2) is 47.9 Å². The maximum Gasteiger partial charge on any atom is 0.349 e. The number of aromatic nitrogens is 2. The van der Waals surface area contributed by atoms with Crippen molar-refractivity contribution in [2.75, 3.05) is 26.6 Å². The van der Waals surface area contributed by atoms with Gasteiger partial charge in [0.25, 0.3) is 11.5 Å². The van der Waals surface area contributed by atoms with Gasteiger partial charge in [-0.2, -0.15) is 0 Å². The largest absolute Gasteiger partial charge is 0.493 e. The number of amides is 1. The summed E-state index contributed by atoms with van der Waals surface area (Å²) in [6.45, 7) is 0.450. The fourth-order valence-electron chi connectivity index (χ4n) is 4.04. The number of allylic oxidation sites excluding steroid dienone is 1. The minimum absolute atomic E-state index is 0.229. The summed E-state index contributed by atoms with van der Waals surface area (Å²) in [5, 5.41) is 10.3. The minimum atomic E-state index is -1.53. The number of carbonyl (C=O) groups excluding carboxylic acids is 1. The van der Waals surface area contributed by atoms with Crippen LogP contribution in [0.3, 0.4) is 0 Å². The SMILES string of the molecule is COc1ccc(C=C2CCn3c2nc2cc(NC(=O)C(Cl)=C(Cl)C(=O)O)ccc2c3=O)c(OC)c1OC. The molecule has 0 saturated carbocycles. The van der Waals surface area contributed by atoms with E-state index in [9.17, 15) is 14.4 Å². The molecule has 2 heterocycles. The molecule has 192 valence electrons. The normalized spacial score (nSPS) is 14.2. The Bertz CT molecular complexity index is 1560. The summed E-state index contributed by atoms with van der Waals surface area (Å²) in [6.07, 6.45) is 2.44. The van der Waals surface area contributed by atoms with Crippen molar-refractivity contribution in [3.05, 3.63) is 62.1 Å². The van der Waals surface area contributed by atoms with Gasteiger partial charge in [-0.15, -0.1) is 0 Å². The lowest BCUT2D eigenvalue weighted by Crippen LogP contribution is -2.21. The molecule has 0 unspecified atom stereocenters. The topological polar surface area (TPSA) is 129 Å². The fourth-order valence-corrected chi connectivity index (χ4v) is 4.25. The van der Waals surface area contributed by atoms with Gasteiger partial charge in [-0.25, -0.2) is 9.78 Å². The van der Waals surface area contributed by atoms with Crippen LogP contribution in [0, 0.1) is 0 Å². The van der Waals surface area contributed by atoms with Gasteiger partial charge >= 0.3 is 5.97 Å². The zero-order chi connectivity index (χ0) is 26.9. The molecule has 1 aromatic heterocycles. The molecule has 0 radical (unpaired) electrons. The summed E-state index contributed by atoms with van der Waals surface area (Å²) in [5.41, 5.74) is 1.89. The van der Waals surface area contributed by atoms with E-state index in [1.54, 1.807) is 10.6 Å². The number of fused-ring (bicyclic) bond motifs is 2. The molecule has 3 aromatic rings. The van der Waals surface area contributed by atoms with Crippen LogP contribution in [-0.2, 0) is 16.1 Å². The van der Waals surface area contributed by atoms with Crippen molar-refractivity contribution >= 4 is 63.3 Å². The van der Waals surface area contributed by atoms with Gasteiger partial charge in [-0.3, -0.25) is 14.2 Å².